The van der Waals surface area contributed by atoms with Crippen LogP contribution in [0.3, 0.4) is 0 Å². The molecule has 6 rings (SSSR count). The van der Waals surface area contributed by atoms with Crippen molar-refractivity contribution in [1.29, 1.82) is 0 Å². The van der Waals surface area contributed by atoms with Gasteiger partial charge < -0.3 is 34.3 Å². The van der Waals surface area contributed by atoms with E-state index in [0.717, 1.165) is 0 Å². The zero-order valence-corrected chi connectivity index (χ0v) is 21.8. The van der Waals surface area contributed by atoms with Gasteiger partial charge >= 0.3 is 5.97 Å². The highest BCUT2D eigenvalue weighted by Gasteiger charge is 2.78. The molecule has 206 valence electrons. The lowest BCUT2D eigenvalue weighted by atomic mass is 9.37. The van der Waals surface area contributed by atoms with E-state index in [1.54, 1.807) is 26.8 Å². The number of carbonyl (C=O) groups is 3. The van der Waals surface area contributed by atoms with Gasteiger partial charge in [0.2, 0.25) is 5.78 Å². The van der Waals surface area contributed by atoms with Crippen LogP contribution in [0.4, 0.5) is 0 Å². The van der Waals surface area contributed by atoms with Crippen molar-refractivity contribution in [3.05, 3.63) is 35.5 Å². The Kier molecular flexibility index (Phi) is 5.27. The van der Waals surface area contributed by atoms with Crippen LogP contribution in [0.5, 0.6) is 0 Å². The molecular formula is C28H34O10. The number of rotatable bonds is 2. The zero-order valence-electron chi connectivity index (χ0n) is 21.8. The van der Waals surface area contributed by atoms with Crippen LogP contribution < -0.4 is 0 Å². The van der Waals surface area contributed by atoms with E-state index in [-0.39, 0.29) is 37.2 Å². The van der Waals surface area contributed by atoms with Crippen LogP contribution in [0.2, 0.25) is 0 Å². The molecule has 1 saturated heterocycles. The van der Waals surface area contributed by atoms with E-state index in [4.69, 9.17) is 13.9 Å². The number of aliphatic hydroxyl groups is 4. The Morgan fingerprint density at radius 1 is 1.08 bits per heavy atom. The Labute approximate surface area is 219 Å². The number of Topliss-reactive ketones (excluding diaryl/α,β-unsaturated/α-hetero) is 2. The molecule has 5 aliphatic rings. The summed E-state index contributed by atoms with van der Waals surface area (Å²) in [6.07, 6.45) is -1.84. The van der Waals surface area contributed by atoms with Gasteiger partial charge in [-0.2, -0.15) is 0 Å². The van der Waals surface area contributed by atoms with Crippen molar-refractivity contribution in [2.75, 3.05) is 6.61 Å². The molecule has 1 aromatic rings. The summed E-state index contributed by atoms with van der Waals surface area (Å²) in [5.74, 6) is -4.28. The first kappa shape index (κ1) is 25.7. The summed E-state index contributed by atoms with van der Waals surface area (Å²) in [6, 6.07) is 1.70. The predicted molar refractivity (Wildman–Crippen MR) is 128 cm³/mol. The number of fused-ring (bicyclic) bond motifs is 3. The predicted octanol–water partition coefficient (Wildman–Crippen LogP) is 1.78. The van der Waals surface area contributed by atoms with Crippen LogP contribution in [0, 0.1) is 33.5 Å². The SMILES string of the molecule is CC(=O)O[C@@H]1C[C@H](O)[C@@]23COC(O)[C@]1(C)C2C[C@@H](O)[C@]1(C)C3=C(O)C(=O)[C@]2(C)C1C(=O)C[C@H]2c1ccoc1. The highest BCUT2D eigenvalue weighted by atomic mass is 16.6. The molecule has 2 bridgehead atoms. The number of allylic oxidation sites excluding steroid dienone is 1. The molecule has 4 fully saturated rings. The van der Waals surface area contributed by atoms with Gasteiger partial charge in [0, 0.05) is 42.4 Å². The van der Waals surface area contributed by atoms with Gasteiger partial charge in [-0.05, 0) is 29.5 Å². The molecule has 4 N–H and O–H groups in total. The van der Waals surface area contributed by atoms with Crippen molar-refractivity contribution in [2.45, 2.75) is 77.5 Å². The van der Waals surface area contributed by atoms with Crippen LogP contribution in [0.1, 0.15) is 58.4 Å². The molecule has 0 amide bonds. The van der Waals surface area contributed by atoms with Crippen LogP contribution in [0.15, 0.2) is 34.3 Å². The number of esters is 1. The summed E-state index contributed by atoms with van der Waals surface area (Å²) in [4.78, 5) is 39.9. The molecule has 0 radical (unpaired) electrons. The van der Waals surface area contributed by atoms with Crippen molar-refractivity contribution < 1.29 is 48.7 Å². The molecule has 0 spiro atoms. The lowest BCUT2D eigenvalue weighted by Gasteiger charge is -2.70. The molecule has 4 aliphatic carbocycles. The summed E-state index contributed by atoms with van der Waals surface area (Å²) < 4.78 is 16.6. The third-order valence-electron chi connectivity index (χ3n) is 11.1. The van der Waals surface area contributed by atoms with Crippen molar-refractivity contribution in [3.8, 4) is 0 Å². The standard InChI is InChI=1S/C28H34O10/c1-12(29)38-19-9-18(32)28-11-37-24(35)26(19,3)16(28)8-17(31)27(4)21-15(30)7-14(13-5-6-36-10-13)25(21,2)23(34)20(33)22(27)28/h5-6,10,14,16-19,21,24,31-33,35H,7-9,11H2,1-4H3/t14-,16?,17+,18-,19+,21?,24?,25-,26+,27-,28+/m0/s1. The Bertz CT molecular complexity index is 1250. The molecule has 0 aromatic carbocycles. The fourth-order valence-corrected chi connectivity index (χ4v) is 9.42. The molecule has 10 nitrogen and oxygen atoms in total. The summed E-state index contributed by atoms with van der Waals surface area (Å²) in [5.41, 5.74) is -4.65. The minimum atomic E-state index is -1.40. The van der Waals surface area contributed by atoms with Gasteiger partial charge in [0.25, 0.3) is 0 Å². The van der Waals surface area contributed by atoms with Crippen LogP contribution >= 0.6 is 0 Å². The van der Waals surface area contributed by atoms with Gasteiger partial charge in [0.15, 0.2) is 12.0 Å². The average Bonchev–Trinajstić information content (AvgIpc) is 3.46. The lowest BCUT2D eigenvalue weighted by molar-refractivity contribution is -0.340. The summed E-state index contributed by atoms with van der Waals surface area (Å²) in [5, 5.41) is 46.4. The molecule has 10 heteroatoms. The molecular weight excluding hydrogens is 496 g/mol. The molecule has 38 heavy (non-hydrogen) atoms. The smallest absolute Gasteiger partial charge is 0.302 e. The first-order valence-electron chi connectivity index (χ1n) is 13.1. The van der Waals surface area contributed by atoms with Crippen LogP contribution in [0.25, 0.3) is 0 Å². The van der Waals surface area contributed by atoms with Crippen molar-refractivity contribution >= 4 is 17.5 Å². The van der Waals surface area contributed by atoms with Crippen LogP contribution in [-0.4, -0.2) is 69.2 Å². The number of aliphatic hydroxyl groups excluding tert-OH is 4. The first-order chi connectivity index (χ1) is 17.8. The van der Waals surface area contributed by atoms with E-state index >= 15 is 0 Å². The Balaban J connectivity index is 1.59. The minimum Gasteiger partial charge on any atom is -0.504 e. The van der Waals surface area contributed by atoms with Crippen molar-refractivity contribution in [2.24, 2.45) is 33.5 Å². The molecule has 2 heterocycles. The topological polar surface area (TPSA) is 164 Å². The highest BCUT2D eigenvalue weighted by molar-refractivity contribution is 6.07. The molecule has 1 aromatic heterocycles. The summed E-state index contributed by atoms with van der Waals surface area (Å²) >= 11 is 0. The van der Waals surface area contributed by atoms with Gasteiger partial charge in [0.1, 0.15) is 11.9 Å². The number of carbonyl (C=O) groups excluding carboxylic acids is 3. The van der Waals surface area contributed by atoms with Gasteiger partial charge in [0.05, 0.1) is 42.2 Å². The fraction of sp³-hybridized carbons (Fsp3) is 0.679. The zero-order chi connectivity index (χ0) is 27.6. The van der Waals surface area contributed by atoms with Crippen molar-refractivity contribution in [1.82, 2.24) is 0 Å². The Morgan fingerprint density at radius 2 is 1.79 bits per heavy atom. The largest absolute Gasteiger partial charge is 0.504 e. The van der Waals surface area contributed by atoms with Gasteiger partial charge in [-0.1, -0.05) is 20.8 Å². The highest BCUT2D eigenvalue weighted by Crippen LogP contribution is 2.74. The lowest BCUT2D eigenvalue weighted by Crippen LogP contribution is -2.75. The molecule has 1 aliphatic heterocycles. The van der Waals surface area contributed by atoms with Gasteiger partial charge in [-0.3, -0.25) is 14.4 Å². The quantitative estimate of drug-likeness (QED) is 0.414. The van der Waals surface area contributed by atoms with E-state index in [1.807, 2.05) is 0 Å². The molecule has 11 atom stereocenters. The van der Waals surface area contributed by atoms with E-state index in [2.05, 4.69) is 0 Å². The maximum absolute atomic E-state index is 14.2. The second-order valence-corrected chi connectivity index (χ2v) is 12.6. The normalized spacial score (nSPS) is 49.8. The molecule has 3 saturated carbocycles. The second-order valence-electron chi connectivity index (χ2n) is 12.6. The van der Waals surface area contributed by atoms with E-state index in [1.165, 1.54) is 19.5 Å². The first-order valence-corrected chi connectivity index (χ1v) is 13.1. The maximum Gasteiger partial charge on any atom is 0.302 e. The second kappa shape index (κ2) is 7.78. The van der Waals surface area contributed by atoms with E-state index < -0.39 is 81.5 Å². The third kappa shape index (κ3) is 2.69. The number of hydrogen-bond acceptors (Lipinski definition) is 10. The maximum atomic E-state index is 14.2. The third-order valence-corrected chi connectivity index (χ3v) is 11.1. The monoisotopic (exact) mass is 530 g/mol. The summed E-state index contributed by atoms with van der Waals surface area (Å²) in [7, 11) is 0. The number of ether oxygens (including phenoxy) is 2. The number of furan rings is 1. The van der Waals surface area contributed by atoms with Crippen molar-refractivity contribution in [3.63, 3.8) is 0 Å². The van der Waals surface area contributed by atoms with Crippen LogP contribution in [-0.2, 0) is 23.9 Å². The average molecular weight is 531 g/mol. The van der Waals surface area contributed by atoms with E-state index in [9.17, 15) is 34.8 Å². The number of hydrogen-bond donors (Lipinski definition) is 4. The van der Waals surface area contributed by atoms with Gasteiger partial charge in [-0.25, -0.2) is 0 Å². The Morgan fingerprint density at radius 3 is 2.42 bits per heavy atom. The summed E-state index contributed by atoms with van der Waals surface area (Å²) in [6.45, 7) is 6.02. The molecule has 3 unspecified atom stereocenters. The fourth-order valence-electron chi connectivity index (χ4n) is 9.42. The van der Waals surface area contributed by atoms with E-state index in [0.29, 0.717) is 5.56 Å². The van der Waals surface area contributed by atoms with Gasteiger partial charge in [-0.15, -0.1) is 0 Å². The minimum absolute atomic E-state index is 0.0312. The Hall–Kier alpha value is -2.53. The number of ketones is 2.